The van der Waals surface area contributed by atoms with Gasteiger partial charge >= 0.3 is 5.69 Å². The Kier molecular flexibility index (Phi) is 1.97. The van der Waals surface area contributed by atoms with Crippen molar-refractivity contribution in [1.82, 2.24) is 0 Å². The Morgan fingerprint density at radius 1 is 1.58 bits per heavy atom. The van der Waals surface area contributed by atoms with Crippen LogP contribution in [-0.2, 0) is 0 Å². The van der Waals surface area contributed by atoms with Crippen LogP contribution < -0.4 is 0 Å². The highest BCUT2D eigenvalue weighted by atomic mass is 16.6. The summed E-state index contributed by atoms with van der Waals surface area (Å²) in [7, 11) is 0. The van der Waals surface area contributed by atoms with Crippen LogP contribution in [0.15, 0.2) is 18.2 Å². The highest BCUT2D eigenvalue weighted by molar-refractivity contribution is 5.51. The van der Waals surface area contributed by atoms with Crippen molar-refractivity contribution in [3.05, 3.63) is 33.9 Å². The number of benzene rings is 1. The first-order valence-electron chi connectivity index (χ1n) is 3.09. The third-order valence-electron chi connectivity index (χ3n) is 1.34. The number of terminal acetylenes is 1. The van der Waals surface area contributed by atoms with Gasteiger partial charge in [0.1, 0.15) is 0 Å². The molecule has 4 heteroatoms. The molecule has 0 unspecified atom stereocenters. The summed E-state index contributed by atoms with van der Waals surface area (Å²) in [5, 5.41) is 19.3. The van der Waals surface area contributed by atoms with Gasteiger partial charge in [-0.15, -0.1) is 6.42 Å². The molecule has 0 saturated heterocycles. The summed E-state index contributed by atoms with van der Waals surface area (Å²) in [5.74, 6) is 1.86. The van der Waals surface area contributed by atoms with Crippen LogP contribution in [0.5, 0.6) is 5.75 Å². The number of phenolic OH excluding ortho intramolecular Hbond substituents is 1. The lowest BCUT2D eigenvalue weighted by Gasteiger charge is -1.95. The van der Waals surface area contributed by atoms with Gasteiger partial charge in [0.2, 0.25) is 0 Å². The molecular formula is C8H5NO3. The summed E-state index contributed by atoms with van der Waals surface area (Å²) in [4.78, 5) is 9.58. The SMILES string of the molecule is C#Cc1ccc(O)c([N+](=O)[O-])c1. The number of phenols is 1. The number of hydrogen-bond acceptors (Lipinski definition) is 3. The third kappa shape index (κ3) is 1.35. The number of nitrogens with zero attached hydrogens (tertiary/aromatic N) is 1. The lowest BCUT2D eigenvalue weighted by molar-refractivity contribution is -0.385. The molecule has 1 rings (SSSR count). The predicted molar refractivity (Wildman–Crippen MR) is 42.7 cm³/mol. The molecule has 0 atom stereocenters. The van der Waals surface area contributed by atoms with Gasteiger partial charge < -0.3 is 5.11 Å². The molecule has 0 saturated carbocycles. The highest BCUT2D eigenvalue weighted by Crippen LogP contribution is 2.25. The smallest absolute Gasteiger partial charge is 0.311 e. The fourth-order valence-electron chi connectivity index (χ4n) is 0.759. The van der Waals surface area contributed by atoms with Crippen LogP contribution in [0.25, 0.3) is 0 Å². The van der Waals surface area contributed by atoms with Crippen molar-refractivity contribution in [2.24, 2.45) is 0 Å². The second-order valence-corrected chi connectivity index (χ2v) is 2.10. The molecule has 1 aromatic rings. The number of aromatic hydroxyl groups is 1. The minimum Gasteiger partial charge on any atom is -0.502 e. The summed E-state index contributed by atoms with van der Waals surface area (Å²) in [5.41, 5.74) is 0.00458. The van der Waals surface area contributed by atoms with Crippen molar-refractivity contribution in [3.8, 4) is 18.1 Å². The van der Waals surface area contributed by atoms with E-state index in [1.807, 2.05) is 0 Å². The lowest BCUT2D eigenvalue weighted by Crippen LogP contribution is -1.88. The normalized spacial score (nSPS) is 8.92. The van der Waals surface area contributed by atoms with E-state index in [0.717, 1.165) is 6.07 Å². The Hall–Kier alpha value is -2.02. The van der Waals surface area contributed by atoms with Crippen LogP contribution in [0.2, 0.25) is 0 Å². The van der Waals surface area contributed by atoms with E-state index < -0.39 is 4.92 Å². The summed E-state index contributed by atoms with van der Waals surface area (Å²) < 4.78 is 0. The maximum Gasteiger partial charge on any atom is 0.311 e. The molecule has 0 spiro atoms. The van der Waals surface area contributed by atoms with E-state index in [0.29, 0.717) is 5.56 Å². The van der Waals surface area contributed by atoms with E-state index in [1.54, 1.807) is 0 Å². The van der Waals surface area contributed by atoms with Gasteiger partial charge in [-0.1, -0.05) is 5.92 Å². The van der Waals surface area contributed by atoms with Gasteiger partial charge in [-0.3, -0.25) is 10.1 Å². The molecule has 4 nitrogen and oxygen atoms in total. The maximum absolute atomic E-state index is 10.3. The van der Waals surface area contributed by atoms with Gasteiger partial charge in [-0.25, -0.2) is 0 Å². The topological polar surface area (TPSA) is 63.4 Å². The standard InChI is InChI=1S/C8H5NO3/c1-2-6-3-4-8(10)7(5-6)9(11)12/h1,3-5,10H. The van der Waals surface area contributed by atoms with Crippen molar-refractivity contribution in [1.29, 1.82) is 0 Å². The van der Waals surface area contributed by atoms with Crippen LogP contribution in [-0.4, -0.2) is 10.0 Å². The predicted octanol–water partition coefficient (Wildman–Crippen LogP) is 1.28. The molecule has 1 aromatic carbocycles. The second kappa shape index (κ2) is 2.93. The average molecular weight is 163 g/mol. The summed E-state index contributed by atoms with van der Waals surface area (Å²) in [6.45, 7) is 0. The highest BCUT2D eigenvalue weighted by Gasteiger charge is 2.12. The molecule has 1 N–H and O–H groups in total. The maximum atomic E-state index is 10.3. The fraction of sp³-hybridized carbons (Fsp3) is 0. The van der Waals surface area contributed by atoms with Gasteiger partial charge in [0.15, 0.2) is 5.75 Å². The summed E-state index contributed by atoms with van der Waals surface area (Å²) >= 11 is 0. The molecular weight excluding hydrogens is 158 g/mol. The Morgan fingerprint density at radius 3 is 2.75 bits per heavy atom. The summed E-state index contributed by atoms with van der Waals surface area (Å²) in [6, 6.07) is 3.78. The minimum atomic E-state index is -0.684. The largest absolute Gasteiger partial charge is 0.502 e. The Morgan fingerprint density at radius 2 is 2.25 bits per heavy atom. The third-order valence-corrected chi connectivity index (χ3v) is 1.34. The minimum absolute atomic E-state index is 0.370. The monoisotopic (exact) mass is 163 g/mol. The van der Waals surface area contributed by atoms with Crippen LogP contribution >= 0.6 is 0 Å². The van der Waals surface area contributed by atoms with Crippen molar-refractivity contribution in [2.45, 2.75) is 0 Å². The zero-order chi connectivity index (χ0) is 9.14. The van der Waals surface area contributed by atoms with E-state index in [-0.39, 0.29) is 11.4 Å². The molecule has 0 fully saturated rings. The molecule has 0 radical (unpaired) electrons. The first-order chi connectivity index (χ1) is 5.65. The van der Waals surface area contributed by atoms with E-state index in [9.17, 15) is 10.1 Å². The molecule has 0 amide bonds. The number of hydrogen-bond donors (Lipinski definition) is 1. The van der Waals surface area contributed by atoms with E-state index in [2.05, 4.69) is 5.92 Å². The number of rotatable bonds is 1. The van der Waals surface area contributed by atoms with Crippen LogP contribution in [0, 0.1) is 22.5 Å². The molecule has 0 bridgehead atoms. The van der Waals surface area contributed by atoms with Gasteiger partial charge in [-0.05, 0) is 12.1 Å². The molecule has 12 heavy (non-hydrogen) atoms. The van der Waals surface area contributed by atoms with Gasteiger partial charge in [0.05, 0.1) is 4.92 Å². The molecule has 0 aliphatic heterocycles. The van der Waals surface area contributed by atoms with E-state index >= 15 is 0 Å². The quantitative estimate of drug-likeness (QED) is 0.385. The molecule has 0 heterocycles. The first kappa shape index (κ1) is 8.08. The van der Waals surface area contributed by atoms with Gasteiger partial charge in [0, 0.05) is 11.6 Å². The van der Waals surface area contributed by atoms with Gasteiger partial charge in [0.25, 0.3) is 0 Å². The van der Waals surface area contributed by atoms with Crippen molar-refractivity contribution < 1.29 is 10.0 Å². The molecule has 60 valence electrons. The zero-order valence-corrected chi connectivity index (χ0v) is 6.02. The van der Waals surface area contributed by atoms with E-state index in [4.69, 9.17) is 11.5 Å². The second-order valence-electron chi connectivity index (χ2n) is 2.10. The molecule has 0 aliphatic carbocycles. The molecule has 0 aromatic heterocycles. The first-order valence-corrected chi connectivity index (χ1v) is 3.09. The van der Waals surface area contributed by atoms with Crippen molar-refractivity contribution in [2.75, 3.05) is 0 Å². The summed E-state index contributed by atoms with van der Waals surface area (Å²) in [6.07, 6.45) is 5.01. The van der Waals surface area contributed by atoms with Gasteiger partial charge in [-0.2, -0.15) is 0 Å². The van der Waals surface area contributed by atoms with Crippen molar-refractivity contribution >= 4 is 5.69 Å². The van der Waals surface area contributed by atoms with E-state index in [1.165, 1.54) is 12.1 Å². The van der Waals surface area contributed by atoms with Crippen LogP contribution in [0.4, 0.5) is 5.69 Å². The average Bonchev–Trinajstić information content (AvgIpc) is 2.05. The lowest BCUT2D eigenvalue weighted by atomic mass is 10.2. The molecule has 0 aliphatic rings. The number of nitro groups is 1. The zero-order valence-electron chi connectivity index (χ0n) is 6.02. The van der Waals surface area contributed by atoms with Crippen LogP contribution in [0.1, 0.15) is 5.56 Å². The van der Waals surface area contributed by atoms with Crippen molar-refractivity contribution in [3.63, 3.8) is 0 Å². The fourth-order valence-corrected chi connectivity index (χ4v) is 0.759. The Bertz CT molecular complexity index is 365. The number of nitro benzene ring substituents is 1. The van der Waals surface area contributed by atoms with Crippen LogP contribution in [0.3, 0.4) is 0 Å². The Balaban J connectivity index is 3.28. The Labute approximate surface area is 68.6 Å².